The summed E-state index contributed by atoms with van der Waals surface area (Å²) < 4.78 is 0. The Kier molecular flexibility index (Phi) is 33.8. The van der Waals surface area contributed by atoms with E-state index in [-0.39, 0.29) is 27.9 Å². The van der Waals surface area contributed by atoms with Gasteiger partial charge in [-0.1, -0.05) is 154 Å². The number of carbonyl (C=O) groups is 2. The van der Waals surface area contributed by atoms with E-state index < -0.39 is 12.1 Å². The second kappa shape index (κ2) is 34.7. The van der Waals surface area contributed by atoms with Crippen molar-refractivity contribution < 1.29 is 19.8 Å². The summed E-state index contributed by atoms with van der Waals surface area (Å²) in [6.45, 7) is 5.12. The molecule has 0 unspecified atom stereocenters. The molecule has 0 aliphatic carbocycles. The van der Waals surface area contributed by atoms with Crippen LogP contribution in [0.2, 0.25) is 12.1 Å². The van der Waals surface area contributed by atoms with Gasteiger partial charge in [0.25, 0.3) is 0 Å². The maximum atomic E-state index is 12.3. The van der Waals surface area contributed by atoms with Gasteiger partial charge in [-0.2, -0.15) is 0 Å². The van der Waals surface area contributed by atoms with E-state index in [2.05, 4.69) is 24.5 Å². The molecule has 0 fully saturated rings. The summed E-state index contributed by atoms with van der Waals surface area (Å²) in [6, 6.07) is 2.07. The van der Waals surface area contributed by atoms with Gasteiger partial charge in [0, 0.05) is 28.9 Å². The molecule has 6 nitrogen and oxygen atoms in total. The summed E-state index contributed by atoms with van der Waals surface area (Å²) in [5.74, 6) is 0.135. The fraction of sp³-hybridized carbons (Fsp3) is 0.892. The molecule has 0 aromatic carbocycles. The largest absolute Gasteiger partial charge is 0.394 e. The van der Waals surface area contributed by atoms with Crippen LogP contribution >= 0.6 is 0 Å². The van der Waals surface area contributed by atoms with Gasteiger partial charge in [0.05, 0.1) is 18.8 Å². The lowest BCUT2D eigenvalue weighted by Crippen LogP contribution is -2.45. The molecule has 0 bridgehead atoms. The summed E-state index contributed by atoms with van der Waals surface area (Å²) >= 11 is 0. The first-order valence-electron chi connectivity index (χ1n) is 19.1. The van der Waals surface area contributed by atoms with Gasteiger partial charge in [-0.05, 0) is 32.1 Å². The predicted octanol–water partition coefficient (Wildman–Crippen LogP) is 8.29. The summed E-state index contributed by atoms with van der Waals surface area (Å²) in [6.07, 6.45) is 31.9. The van der Waals surface area contributed by atoms with E-state index in [1.807, 2.05) is 6.08 Å². The number of hydrogen-bond donors (Lipinski definition) is 4. The first kappa shape index (κ1) is 42.8. The van der Waals surface area contributed by atoms with E-state index in [0.717, 1.165) is 57.9 Å². The van der Waals surface area contributed by atoms with Crippen molar-refractivity contribution in [2.75, 3.05) is 13.2 Å². The van der Waals surface area contributed by atoms with Crippen molar-refractivity contribution in [2.24, 2.45) is 0 Å². The van der Waals surface area contributed by atoms with Gasteiger partial charge >= 0.3 is 0 Å². The number of carbonyl (C=O) groups excluding carboxylic acids is 2. The van der Waals surface area contributed by atoms with E-state index in [4.69, 9.17) is 0 Å². The Morgan fingerprint density at radius 2 is 1.14 bits per heavy atom. The average molecular weight is 639 g/mol. The minimum absolute atomic E-state index is 0.0892. The predicted molar refractivity (Wildman–Crippen MR) is 192 cm³/mol. The van der Waals surface area contributed by atoms with Crippen molar-refractivity contribution in [3.05, 3.63) is 12.2 Å². The SMILES string of the molecule is CCCCCCCCCCCCCC=C[C@H](O)[C@@H](CO)NC(=O)CCCCCCCCCCCCC(=O)NCCC[SiH2]CC. The highest BCUT2D eigenvalue weighted by Crippen LogP contribution is 2.14. The fourth-order valence-corrected chi connectivity index (χ4v) is 6.77. The van der Waals surface area contributed by atoms with Crippen LogP contribution < -0.4 is 10.6 Å². The summed E-state index contributed by atoms with van der Waals surface area (Å²) in [5, 5.41) is 25.9. The molecule has 0 saturated heterocycles. The van der Waals surface area contributed by atoms with Crippen molar-refractivity contribution in [1.29, 1.82) is 0 Å². The average Bonchev–Trinajstić information content (AvgIpc) is 3.02. The third-order valence-electron chi connectivity index (χ3n) is 8.67. The van der Waals surface area contributed by atoms with E-state index in [0.29, 0.717) is 12.8 Å². The van der Waals surface area contributed by atoms with Crippen molar-refractivity contribution in [2.45, 2.75) is 199 Å². The highest BCUT2D eigenvalue weighted by atomic mass is 28.2. The number of allylic oxidation sites excluding steroid dienone is 1. The molecule has 0 heterocycles. The molecular formula is C37H74N2O4Si. The molecule has 0 aliphatic heterocycles. The lowest BCUT2D eigenvalue weighted by Gasteiger charge is -2.20. The van der Waals surface area contributed by atoms with Crippen LogP contribution in [0.25, 0.3) is 0 Å². The molecule has 0 aliphatic rings. The molecule has 0 aromatic heterocycles. The number of amides is 2. The van der Waals surface area contributed by atoms with E-state index in [9.17, 15) is 19.8 Å². The molecule has 0 spiro atoms. The maximum Gasteiger partial charge on any atom is 0.220 e. The molecule has 0 radical (unpaired) electrons. The van der Waals surface area contributed by atoms with Gasteiger partial charge in [0.1, 0.15) is 0 Å². The fourth-order valence-electron chi connectivity index (χ4n) is 5.67. The minimum Gasteiger partial charge on any atom is -0.394 e. The molecular weight excluding hydrogens is 565 g/mol. The second-order valence-electron chi connectivity index (χ2n) is 13.0. The first-order valence-corrected chi connectivity index (χ1v) is 21.1. The number of unbranched alkanes of at least 4 members (excludes halogenated alkanes) is 20. The number of rotatable bonds is 34. The van der Waals surface area contributed by atoms with Crippen LogP contribution in [0, 0.1) is 0 Å². The normalized spacial score (nSPS) is 13.2. The summed E-state index contributed by atoms with van der Waals surface area (Å²) in [4.78, 5) is 24.2. The van der Waals surface area contributed by atoms with Crippen molar-refractivity contribution in [1.82, 2.24) is 10.6 Å². The molecule has 260 valence electrons. The van der Waals surface area contributed by atoms with Crippen LogP contribution in [0.3, 0.4) is 0 Å². The molecule has 0 rings (SSSR count). The molecule has 2 amide bonds. The quantitative estimate of drug-likeness (QED) is 0.0324. The van der Waals surface area contributed by atoms with Crippen molar-refractivity contribution in [3.8, 4) is 0 Å². The Hall–Kier alpha value is -1.18. The Balaban J connectivity index is 3.61. The smallest absolute Gasteiger partial charge is 0.220 e. The number of aliphatic hydroxyl groups excluding tert-OH is 2. The summed E-state index contributed by atoms with van der Waals surface area (Å²) in [5.41, 5.74) is 0. The summed E-state index contributed by atoms with van der Waals surface area (Å²) in [7, 11) is 0.137. The Morgan fingerprint density at radius 3 is 1.64 bits per heavy atom. The van der Waals surface area contributed by atoms with Gasteiger partial charge < -0.3 is 20.8 Å². The molecule has 4 N–H and O–H groups in total. The second-order valence-corrected chi connectivity index (χ2v) is 15.5. The van der Waals surface area contributed by atoms with Gasteiger partial charge in [0.2, 0.25) is 11.8 Å². The lowest BCUT2D eigenvalue weighted by molar-refractivity contribution is -0.123. The van der Waals surface area contributed by atoms with Crippen LogP contribution in [0.15, 0.2) is 12.2 Å². The van der Waals surface area contributed by atoms with Gasteiger partial charge in [-0.25, -0.2) is 0 Å². The highest BCUT2D eigenvalue weighted by molar-refractivity contribution is 6.35. The zero-order valence-electron chi connectivity index (χ0n) is 29.2. The van der Waals surface area contributed by atoms with Gasteiger partial charge in [-0.15, -0.1) is 0 Å². The van der Waals surface area contributed by atoms with Crippen molar-refractivity contribution in [3.63, 3.8) is 0 Å². The molecule has 7 heteroatoms. The maximum absolute atomic E-state index is 12.3. The highest BCUT2D eigenvalue weighted by Gasteiger charge is 2.17. The third kappa shape index (κ3) is 30.8. The number of aliphatic hydroxyl groups is 2. The number of hydrogen-bond acceptors (Lipinski definition) is 4. The van der Waals surface area contributed by atoms with Crippen molar-refractivity contribution >= 4 is 21.3 Å². The third-order valence-corrected chi connectivity index (χ3v) is 10.4. The van der Waals surface area contributed by atoms with Crippen LogP contribution in [0.5, 0.6) is 0 Å². The van der Waals surface area contributed by atoms with Crippen LogP contribution in [0.1, 0.15) is 174 Å². The molecule has 0 aromatic rings. The Bertz CT molecular complexity index is 661. The van der Waals surface area contributed by atoms with Crippen LogP contribution in [-0.2, 0) is 9.59 Å². The van der Waals surface area contributed by atoms with E-state index >= 15 is 0 Å². The van der Waals surface area contributed by atoms with Gasteiger partial charge in [-0.3, -0.25) is 9.59 Å². The molecule has 0 saturated carbocycles. The standard InChI is InChI=1S/C37H74N2O4Si/c1-3-5-6-7-8-9-10-11-12-15-18-21-24-28-35(41)34(33-40)39-37(43)30-26-23-20-17-14-13-16-19-22-25-29-36(42)38-31-27-32-44-4-2/h24,28,34-35,40-41H,3-23,25-27,29-33,44H2,1-2H3,(H,38,42)(H,39,43)/t34-,35+/m1/s1. The lowest BCUT2D eigenvalue weighted by atomic mass is 10.0. The van der Waals surface area contributed by atoms with Crippen LogP contribution in [0.4, 0.5) is 0 Å². The minimum atomic E-state index is -0.852. The number of nitrogens with one attached hydrogen (secondary N) is 2. The Labute approximate surface area is 275 Å². The molecule has 2 atom stereocenters. The van der Waals surface area contributed by atoms with E-state index in [1.165, 1.54) is 108 Å². The van der Waals surface area contributed by atoms with Crippen LogP contribution in [-0.4, -0.2) is 56.8 Å². The van der Waals surface area contributed by atoms with Gasteiger partial charge in [0.15, 0.2) is 0 Å². The zero-order valence-corrected chi connectivity index (χ0v) is 30.6. The first-order chi connectivity index (χ1) is 21.5. The Morgan fingerprint density at radius 1 is 0.659 bits per heavy atom. The molecule has 44 heavy (non-hydrogen) atoms. The van der Waals surface area contributed by atoms with E-state index in [1.54, 1.807) is 6.08 Å². The monoisotopic (exact) mass is 639 g/mol. The topological polar surface area (TPSA) is 98.7 Å². The zero-order chi connectivity index (χ0) is 32.4.